The van der Waals surface area contributed by atoms with E-state index < -0.39 is 0 Å². The zero-order valence-electron chi connectivity index (χ0n) is 11.9. The molecule has 20 heavy (non-hydrogen) atoms. The molecule has 1 aromatic carbocycles. The van der Waals surface area contributed by atoms with Gasteiger partial charge in [-0.1, -0.05) is 12.1 Å². The summed E-state index contributed by atoms with van der Waals surface area (Å²) < 4.78 is 5.32. The van der Waals surface area contributed by atoms with Gasteiger partial charge in [-0.25, -0.2) is 0 Å². The van der Waals surface area contributed by atoms with E-state index in [9.17, 15) is 9.59 Å². The Morgan fingerprint density at radius 2 is 2.00 bits per heavy atom. The highest BCUT2D eigenvalue weighted by Gasteiger charge is 2.22. The van der Waals surface area contributed by atoms with E-state index in [1.807, 2.05) is 12.1 Å². The first-order chi connectivity index (χ1) is 9.58. The smallest absolute Gasteiger partial charge is 0.253 e. The van der Waals surface area contributed by atoms with E-state index in [0.717, 1.165) is 18.4 Å². The van der Waals surface area contributed by atoms with Gasteiger partial charge in [-0.05, 0) is 30.5 Å². The predicted octanol–water partition coefficient (Wildman–Crippen LogP) is 1.18. The quantitative estimate of drug-likeness (QED) is 0.898. The summed E-state index contributed by atoms with van der Waals surface area (Å²) in [6, 6.07) is 7.25. The van der Waals surface area contributed by atoms with Crippen LogP contribution in [0.25, 0.3) is 0 Å². The first kappa shape index (κ1) is 14.5. The van der Waals surface area contributed by atoms with Crippen LogP contribution in [-0.4, -0.2) is 43.5 Å². The molecule has 1 atom stereocenters. The summed E-state index contributed by atoms with van der Waals surface area (Å²) in [4.78, 5) is 25.1. The highest BCUT2D eigenvalue weighted by atomic mass is 16.5. The van der Waals surface area contributed by atoms with Gasteiger partial charge in [0.1, 0.15) is 6.10 Å². The fourth-order valence-corrected chi connectivity index (χ4v) is 2.11. The van der Waals surface area contributed by atoms with Gasteiger partial charge in [-0.3, -0.25) is 9.59 Å². The number of amides is 2. The number of carbonyl (C=O) groups excluding carboxylic acids is 2. The lowest BCUT2D eigenvalue weighted by Gasteiger charge is -2.12. The number of nitrogens with zero attached hydrogens (tertiary/aromatic N) is 1. The molecule has 5 nitrogen and oxygen atoms in total. The van der Waals surface area contributed by atoms with Crippen molar-refractivity contribution in [2.24, 2.45) is 0 Å². The third-order valence-corrected chi connectivity index (χ3v) is 3.30. The molecule has 1 aromatic rings. The highest BCUT2D eigenvalue weighted by molar-refractivity contribution is 5.93. The Balaban J connectivity index is 1.87. The van der Waals surface area contributed by atoms with Crippen LogP contribution in [0.15, 0.2) is 24.3 Å². The topological polar surface area (TPSA) is 58.6 Å². The molecular weight excluding hydrogens is 256 g/mol. The van der Waals surface area contributed by atoms with E-state index in [-0.39, 0.29) is 17.9 Å². The molecule has 1 aliphatic rings. The van der Waals surface area contributed by atoms with Crippen molar-refractivity contribution >= 4 is 11.8 Å². The first-order valence-electron chi connectivity index (χ1n) is 6.78. The molecule has 0 aliphatic carbocycles. The summed E-state index contributed by atoms with van der Waals surface area (Å²) in [5.74, 6) is -0.0871. The molecule has 0 spiro atoms. The van der Waals surface area contributed by atoms with Crippen LogP contribution >= 0.6 is 0 Å². The lowest BCUT2D eigenvalue weighted by Crippen LogP contribution is -2.33. The Morgan fingerprint density at radius 3 is 2.55 bits per heavy atom. The summed E-state index contributed by atoms with van der Waals surface area (Å²) in [7, 11) is 3.44. The van der Waals surface area contributed by atoms with Crippen LogP contribution in [0, 0.1) is 0 Å². The Hall–Kier alpha value is -1.88. The average Bonchev–Trinajstić information content (AvgIpc) is 2.98. The molecule has 1 unspecified atom stereocenters. The van der Waals surface area contributed by atoms with Crippen molar-refractivity contribution in [3.8, 4) is 0 Å². The van der Waals surface area contributed by atoms with E-state index >= 15 is 0 Å². The number of rotatable bonds is 4. The molecule has 1 heterocycles. The summed E-state index contributed by atoms with van der Waals surface area (Å²) in [6.07, 6.45) is 1.44. The number of nitrogens with one attached hydrogen (secondary N) is 1. The minimum atomic E-state index is -0.301. The number of ether oxygens (including phenoxy) is 1. The Morgan fingerprint density at radius 1 is 1.30 bits per heavy atom. The Bertz CT molecular complexity index is 476. The fraction of sp³-hybridized carbons (Fsp3) is 0.467. The van der Waals surface area contributed by atoms with Gasteiger partial charge in [0.25, 0.3) is 5.91 Å². The van der Waals surface area contributed by atoms with Crippen molar-refractivity contribution < 1.29 is 14.3 Å². The van der Waals surface area contributed by atoms with Crippen LogP contribution in [0.3, 0.4) is 0 Å². The number of carbonyl (C=O) groups is 2. The molecule has 2 amide bonds. The van der Waals surface area contributed by atoms with Gasteiger partial charge in [0.2, 0.25) is 5.91 Å². The maximum atomic E-state index is 11.8. The van der Waals surface area contributed by atoms with Crippen LogP contribution in [0.5, 0.6) is 0 Å². The molecule has 1 N–H and O–H groups in total. The van der Waals surface area contributed by atoms with E-state index in [2.05, 4.69) is 5.32 Å². The lowest BCUT2D eigenvalue weighted by atomic mass is 10.1. The van der Waals surface area contributed by atoms with Crippen molar-refractivity contribution in [3.63, 3.8) is 0 Å². The minimum Gasteiger partial charge on any atom is -0.368 e. The molecule has 0 saturated carbocycles. The molecular formula is C15H20N2O3. The lowest BCUT2D eigenvalue weighted by molar-refractivity contribution is -0.130. The van der Waals surface area contributed by atoms with E-state index in [1.54, 1.807) is 26.2 Å². The molecule has 0 bridgehead atoms. The molecule has 108 valence electrons. The SMILES string of the molecule is CN(C)C(=O)c1ccc(CNC(=O)C2CCCO2)cc1. The molecule has 5 heteroatoms. The van der Waals surface area contributed by atoms with Gasteiger partial charge in [0.15, 0.2) is 0 Å². The van der Waals surface area contributed by atoms with Gasteiger partial charge < -0.3 is 15.0 Å². The average molecular weight is 276 g/mol. The third kappa shape index (κ3) is 3.57. The van der Waals surface area contributed by atoms with Gasteiger partial charge in [-0.2, -0.15) is 0 Å². The van der Waals surface area contributed by atoms with Crippen molar-refractivity contribution in [1.29, 1.82) is 0 Å². The fourth-order valence-electron chi connectivity index (χ4n) is 2.11. The van der Waals surface area contributed by atoms with Gasteiger partial charge >= 0.3 is 0 Å². The van der Waals surface area contributed by atoms with Crippen molar-refractivity contribution in [2.75, 3.05) is 20.7 Å². The predicted molar refractivity (Wildman–Crippen MR) is 75.3 cm³/mol. The second-order valence-electron chi connectivity index (χ2n) is 5.12. The van der Waals surface area contributed by atoms with Crippen LogP contribution in [-0.2, 0) is 16.1 Å². The van der Waals surface area contributed by atoms with Crippen LogP contribution in [0.4, 0.5) is 0 Å². The van der Waals surface area contributed by atoms with Gasteiger partial charge in [-0.15, -0.1) is 0 Å². The molecule has 0 radical (unpaired) electrons. The summed E-state index contributed by atoms with van der Waals surface area (Å²) in [5.41, 5.74) is 1.61. The van der Waals surface area contributed by atoms with Crippen molar-refractivity contribution in [2.45, 2.75) is 25.5 Å². The van der Waals surface area contributed by atoms with Gasteiger partial charge in [0, 0.05) is 32.8 Å². The van der Waals surface area contributed by atoms with Crippen molar-refractivity contribution in [1.82, 2.24) is 10.2 Å². The normalized spacial score (nSPS) is 17.8. The zero-order valence-corrected chi connectivity index (χ0v) is 11.9. The number of benzene rings is 1. The second kappa shape index (κ2) is 6.52. The monoisotopic (exact) mass is 276 g/mol. The van der Waals surface area contributed by atoms with E-state index in [1.165, 1.54) is 4.90 Å². The second-order valence-corrected chi connectivity index (χ2v) is 5.12. The van der Waals surface area contributed by atoms with E-state index in [4.69, 9.17) is 4.74 Å². The Labute approximate surface area is 118 Å². The summed E-state index contributed by atoms with van der Waals surface area (Å²) in [5, 5.41) is 2.85. The van der Waals surface area contributed by atoms with E-state index in [0.29, 0.717) is 18.7 Å². The molecule has 1 saturated heterocycles. The van der Waals surface area contributed by atoms with Crippen LogP contribution < -0.4 is 5.32 Å². The minimum absolute atomic E-state index is 0.0278. The highest BCUT2D eigenvalue weighted by Crippen LogP contribution is 2.12. The number of hydrogen-bond acceptors (Lipinski definition) is 3. The first-order valence-corrected chi connectivity index (χ1v) is 6.78. The summed E-state index contributed by atoms with van der Waals surface area (Å²) >= 11 is 0. The maximum Gasteiger partial charge on any atom is 0.253 e. The Kier molecular flexibility index (Phi) is 4.74. The molecule has 0 aromatic heterocycles. The van der Waals surface area contributed by atoms with Crippen molar-refractivity contribution in [3.05, 3.63) is 35.4 Å². The zero-order chi connectivity index (χ0) is 14.5. The summed E-state index contributed by atoms with van der Waals surface area (Å²) in [6.45, 7) is 1.12. The standard InChI is InChI=1S/C15H20N2O3/c1-17(2)15(19)12-7-5-11(6-8-12)10-16-14(18)13-4-3-9-20-13/h5-8,13H,3-4,9-10H2,1-2H3,(H,16,18). The van der Waals surface area contributed by atoms with Crippen LogP contribution in [0.1, 0.15) is 28.8 Å². The number of hydrogen-bond donors (Lipinski definition) is 1. The molecule has 2 rings (SSSR count). The van der Waals surface area contributed by atoms with Crippen LogP contribution in [0.2, 0.25) is 0 Å². The molecule has 1 aliphatic heterocycles. The third-order valence-electron chi connectivity index (χ3n) is 3.30. The maximum absolute atomic E-state index is 11.8. The molecule has 1 fully saturated rings. The van der Waals surface area contributed by atoms with Gasteiger partial charge in [0.05, 0.1) is 0 Å². The largest absolute Gasteiger partial charge is 0.368 e.